The second-order valence-corrected chi connectivity index (χ2v) is 4.32. The van der Waals surface area contributed by atoms with E-state index in [9.17, 15) is 0 Å². The average molecular weight is 199 g/mol. The zero-order valence-corrected chi connectivity index (χ0v) is 9.16. The Labute approximate surface area is 91.9 Å². The normalized spacial score (nSPS) is 19.9. The van der Waals surface area contributed by atoms with E-state index >= 15 is 0 Å². The fourth-order valence-corrected chi connectivity index (χ4v) is 2.14. The molecule has 2 rings (SSSR count). The molecule has 0 radical (unpaired) electrons. The van der Waals surface area contributed by atoms with E-state index in [0.29, 0.717) is 12.0 Å². The Bertz CT molecular complexity index is 375. The van der Waals surface area contributed by atoms with E-state index in [-0.39, 0.29) is 0 Å². The summed E-state index contributed by atoms with van der Waals surface area (Å²) >= 11 is 0. The lowest BCUT2D eigenvalue weighted by Gasteiger charge is -2.31. The lowest BCUT2D eigenvalue weighted by atomic mass is 9.77. The Kier molecular flexibility index (Phi) is 3.08. The van der Waals surface area contributed by atoms with Crippen LogP contribution in [0, 0.1) is 12.3 Å². The number of benzene rings is 1. The minimum Gasteiger partial charge on any atom is -0.313 e. The number of hydrogen-bond donors (Lipinski definition) is 1. The predicted octanol–water partition coefficient (Wildman–Crippen LogP) is 2.33. The summed E-state index contributed by atoms with van der Waals surface area (Å²) in [5.74, 6) is 3.38. The van der Waals surface area contributed by atoms with Crippen LogP contribution in [0.3, 0.4) is 0 Å². The van der Waals surface area contributed by atoms with Gasteiger partial charge in [0.1, 0.15) is 0 Å². The molecule has 0 spiro atoms. The molecule has 1 aliphatic carbocycles. The lowest BCUT2D eigenvalue weighted by Crippen LogP contribution is -2.34. The van der Waals surface area contributed by atoms with Gasteiger partial charge >= 0.3 is 0 Å². The van der Waals surface area contributed by atoms with Crippen molar-refractivity contribution in [2.24, 2.45) is 0 Å². The Morgan fingerprint density at radius 3 is 3.07 bits per heavy atom. The largest absolute Gasteiger partial charge is 0.313 e. The van der Waals surface area contributed by atoms with Crippen molar-refractivity contribution in [2.45, 2.75) is 31.7 Å². The summed E-state index contributed by atoms with van der Waals surface area (Å²) in [4.78, 5) is 0. The van der Waals surface area contributed by atoms with Crippen molar-refractivity contribution < 1.29 is 0 Å². The van der Waals surface area contributed by atoms with Crippen LogP contribution in [-0.2, 0) is 6.42 Å². The van der Waals surface area contributed by atoms with Crippen LogP contribution in [-0.4, -0.2) is 12.6 Å². The fraction of sp³-hybridized carbons (Fsp3) is 0.429. The molecule has 78 valence electrons. The molecule has 1 aromatic rings. The monoisotopic (exact) mass is 199 g/mol. The zero-order chi connectivity index (χ0) is 10.7. The molecule has 0 bridgehead atoms. The Hall–Kier alpha value is -1.26. The number of hydrogen-bond acceptors (Lipinski definition) is 1. The topological polar surface area (TPSA) is 12.0 Å². The standard InChI is InChI=1S/C14H17N/c1-3-6-11(2)15-10-13-9-12-7-4-5-8-14(12)13/h1,4-5,7-8,11,13,15H,6,9-10H2,2H3. The molecule has 1 heteroatoms. The maximum absolute atomic E-state index is 5.27. The third-order valence-electron chi connectivity index (χ3n) is 3.10. The molecule has 2 atom stereocenters. The van der Waals surface area contributed by atoms with Crippen molar-refractivity contribution in [3.05, 3.63) is 35.4 Å². The maximum atomic E-state index is 5.27. The van der Waals surface area contributed by atoms with Crippen molar-refractivity contribution >= 4 is 0 Å². The second kappa shape index (κ2) is 4.51. The van der Waals surface area contributed by atoms with Crippen LogP contribution in [0.5, 0.6) is 0 Å². The van der Waals surface area contributed by atoms with Gasteiger partial charge < -0.3 is 5.32 Å². The van der Waals surface area contributed by atoms with E-state index in [0.717, 1.165) is 13.0 Å². The first-order valence-corrected chi connectivity index (χ1v) is 5.56. The molecule has 1 N–H and O–H groups in total. The van der Waals surface area contributed by atoms with Crippen molar-refractivity contribution in [3.8, 4) is 12.3 Å². The molecule has 1 nitrogen and oxygen atoms in total. The lowest BCUT2D eigenvalue weighted by molar-refractivity contribution is 0.483. The highest BCUT2D eigenvalue weighted by atomic mass is 14.9. The predicted molar refractivity (Wildman–Crippen MR) is 63.8 cm³/mol. The first-order valence-electron chi connectivity index (χ1n) is 5.56. The van der Waals surface area contributed by atoms with Gasteiger partial charge in [-0.3, -0.25) is 0 Å². The van der Waals surface area contributed by atoms with Gasteiger partial charge in [-0.15, -0.1) is 12.3 Å². The first-order chi connectivity index (χ1) is 7.31. The van der Waals surface area contributed by atoms with Crippen LogP contribution < -0.4 is 5.32 Å². The van der Waals surface area contributed by atoms with Crippen molar-refractivity contribution in [3.63, 3.8) is 0 Å². The second-order valence-electron chi connectivity index (χ2n) is 4.32. The number of terminal acetylenes is 1. The Morgan fingerprint density at radius 2 is 2.33 bits per heavy atom. The van der Waals surface area contributed by atoms with Gasteiger partial charge in [-0.05, 0) is 24.5 Å². The van der Waals surface area contributed by atoms with E-state index in [1.807, 2.05) is 0 Å². The van der Waals surface area contributed by atoms with Gasteiger partial charge in [-0.2, -0.15) is 0 Å². The van der Waals surface area contributed by atoms with Gasteiger partial charge in [0.2, 0.25) is 0 Å². The van der Waals surface area contributed by atoms with Crippen LogP contribution in [0.15, 0.2) is 24.3 Å². The summed E-state index contributed by atoms with van der Waals surface area (Å²) in [5.41, 5.74) is 3.02. The molecule has 0 fully saturated rings. The van der Waals surface area contributed by atoms with Crippen LogP contribution in [0.2, 0.25) is 0 Å². The molecule has 1 aromatic carbocycles. The Morgan fingerprint density at radius 1 is 1.53 bits per heavy atom. The van der Waals surface area contributed by atoms with Crippen LogP contribution in [0.25, 0.3) is 0 Å². The maximum Gasteiger partial charge on any atom is 0.0238 e. The summed E-state index contributed by atoms with van der Waals surface area (Å²) in [6.45, 7) is 3.20. The summed E-state index contributed by atoms with van der Waals surface area (Å²) in [6, 6.07) is 9.12. The van der Waals surface area contributed by atoms with Gasteiger partial charge in [-0.1, -0.05) is 24.3 Å². The van der Waals surface area contributed by atoms with Crippen LogP contribution in [0.1, 0.15) is 30.4 Å². The molecule has 0 amide bonds. The summed E-state index contributed by atoms with van der Waals surface area (Å²) in [5, 5.41) is 3.48. The zero-order valence-electron chi connectivity index (χ0n) is 9.16. The highest BCUT2D eigenvalue weighted by Crippen LogP contribution is 2.34. The molecule has 0 heterocycles. The molecule has 0 aliphatic heterocycles. The summed E-state index contributed by atoms with van der Waals surface area (Å²) in [6.07, 6.45) is 7.30. The molecular weight excluding hydrogens is 182 g/mol. The molecule has 0 saturated heterocycles. The van der Waals surface area contributed by atoms with E-state index in [1.165, 1.54) is 17.5 Å². The molecule has 2 unspecified atom stereocenters. The molecular formula is C14H17N. The van der Waals surface area contributed by atoms with E-state index in [1.54, 1.807) is 0 Å². The molecule has 15 heavy (non-hydrogen) atoms. The summed E-state index contributed by atoms with van der Waals surface area (Å²) < 4.78 is 0. The number of nitrogens with one attached hydrogen (secondary N) is 1. The minimum atomic E-state index is 0.433. The third-order valence-corrected chi connectivity index (χ3v) is 3.10. The minimum absolute atomic E-state index is 0.433. The van der Waals surface area contributed by atoms with E-state index in [2.05, 4.69) is 42.4 Å². The molecule has 1 aliphatic rings. The van der Waals surface area contributed by atoms with E-state index in [4.69, 9.17) is 6.42 Å². The number of rotatable bonds is 4. The van der Waals surface area contributed by atoms with Gasteiger partial charge in [0.05, 0.1) is 0 Å². The van der Waals surface area contributed by atoms with Crippen LogP contribution in [0.4, 0.5) is 0 Å². The smallest absolute Gasteiger partial charge is 0.0238 e. The number of fused-ring (bicyclic) bond motifs is 1. The Balaban J connectivity index is 1.83. The highest BCUT2D eigenvalue weighted by Gasteiger charge is 2.24. The van der Waals surface area contributed by atoms with Gasteiger partial charge in [0.15, 0.2) is 0 Å². The molecule has 0 aromatic heterocycles. The SMILES string of the molecule is C#CCC(C)NCC1Cc2ccccc21. The molecule has 0 saturated carbocycles. The summed E-state index contributed by atoms with van der Waals surface area (Å²) in [7, 11) is 0. The third kappa shape index (κ3) is 2.22. The quantitative estimate of drug-likeness (QED) is 0.734. The van der Waals surface area contributed by atoms with E-state index < -0.39 is 0 Å². The fourth-order valence-electron chi connectivity index (χ4n) is 2.14. The van der Waals surface area contributed by atoms with Gasteiger partial charge in [0.25, 0.3) is 0 Å². The van der Waals surface area contributed by atoms with Crippen molar-refractivity contribution in [1.82, 2.24) is 5.32 Å². The van der Waals surface area contributed by atoms with Gasteiger partial charge in [0, 0.05) is 24.9 Å². The highest BCUT2D eigenvalue weighted by molar-refractivity contribution is 5.40. The van der Waals surface area contributed by atoms with Crippen molar-refractivity contribution in [1.29, 1.82) is 0 Å². The van der Waals surface area contributed by atoms with Gasteiger partial charge in [-0.25, -0.2) is 0 Å². The van der Waals surface area contributed by atoms with Crippen LogP contribution >= 0.6 is 0 Å². The first kappa shape index (κ1) is 10.3. The average Bonchev–Trinajstić information content (AvgIpc) is 2.20. The van der Waals surface area contributed by atoms with Crippen molar-refractivity contribution in [2.75, 3.05) is 6.54 Å².